The van der Waals surface area contributed by atoms with Gasteiger partial charge in [0.1, 0.15) is 6.61 Å². The number of nitrogens with zero attached hydrogens (tertiary/aromatic N) is 1. The molecule has 1 unspecified atom stereocenters. The Hall–Kier alpha value is -2.20. The lowest BCUT2D eigenvalue weighted by atomic mass is 10.2. The van der Waals surface area contributed by atoms with Crippen molar-refractivity contribution in [3.63, 3.8) is 0 Å². The summed E-state index contributed by atoms with van der Waals surface area (Å²) in [5.41, 5.74) is 0.562. The van der Waals surface area contributed by atoms with Gasteiger partial charge in [-0.3, -0.25) is 4.79 Å². The number of benzene rings is 2. The van der Waals surface area contributed by atoms with Crippen molar-refractivity contribution < 1.29 is 14.3 Å². The van der Waals surface area contributed by atoms with Crippen molar-refractivity contribution in [2.24, 2.45) is 0 Å². The molecular weight excluding hydrogens is 302 g/mol. The van der Waals surface area contributed by atoms with Crippen molar-refractivity contribution in [1.82, 2.24) is 4.90 Å². The lowest BCUT2D eigenvalue weighted by molar-refractivity contribution is 0.0521. The minimum atomic E-state index is -0.192. The third-order valence-corrected chi connectivity index (χ3v) is 3.70. The van der Waals surface area contributed by atoms with Gasteiger partial charge in [0.2, 0.25) is 0 Å². The second kappa shape index (κ2) is 6.28. The normalized spacial score (nSPS) is 16.2. The van der Waals surface area contributed by atoms with Gasteiger partial charge in [-0.25, -0.2) is 0 Å². The second-order valence-electron chi connectivity index (χ2n) is 5.19. The summed E-state index contributed by atoms with van der Waals surface area (Å²) in [6.45, 7) is 0.865. The average Bonchev–Trinajstić information content (AvgIpc) is 2.54. The minimum Gasteiger partial charge on any atom is -0.486 e. The van der Waals surface area contributed by atoms with Crippen LogP contribution in [0.4, 0.5) is 0 Å². The van der Waals surface area contributed by atoms with Crippen LogP contribution in [0.5, 0.6) is 11.5 Å². The summed E-state index contributed by atoms with van der Waals surface area (Å²) in [5, 5.41) is 0.547. The Bertz CT molecular complexity index is 689. The standard InChI is InChI=1S/C17H16ClNO3/c1-19(17(20)12-5-4-6-13(18)9-12)10-14-11-21-15-7-2-3-8-16(15)22-14/h2-9,14H,10-11H2,1H3. The van der Waals surface area contributed by atoms with E-state index in [-0.39, 0.29) is 12.0 Å². The molecule has 1 aliphatic heterocycles. The quantitative estimate of drug-likeness (QED) is 0.872. The largest absolute Gasteiger partial charge is 0.486 e. The highest BCUT2D eigenvalue weighted by atomic mass is 35.5. The second-order valence-corrected chi connectivity index (χ2v) is 5.63. The van der Waals surface area contributed by atoms with Gasteiger partial charge < -0.3 is 14.4 Å². The minimum absolute atomic E-state index is 0.0926. The summed E-state index contributed by atoms with van der Waals surface area (Å²) in [6, 6.07) is 14.4. The van der Waals surface area contributed by atoms with Crippen molar-refractivity contribution in [3.05, 3.63) is 59.1 Å². The highest BCUT2D eigenvalue weighted by Gasteiger charge is 2.24. The molecule has 4 nitrogen and oxygen atoms in total. The van der Waals surface area contributed by atoms with Crippen LogP contribution < -0.4 is 9.47 Å². The molecule has 0 spiro atoms. The van der Waals surface area contributed by atoms with E-state index in [9.17, 15) is 4.79 Å². The summed E-state index contributed by atoms with van der Waals surface area (Å²) >= 11 is 5.93. The molecule has 114 valence electrons. The molecule has 0 saturated heterocycles. The van der Waals surface area contributed by atoms with Crippen molar-refractivity contribution in [1.29, 1.82) is 0 Å². The van der Waals surface area contributed by atoms with Gasteiger partial charge in [0, 0.05) is 17.6 Å². The van der Waals surface area contributed by atoms with E-state index < -0.39 is 0 Å². The summed E-state index contributed by atoms with van der Waals surface area (Å²) < 4.78 is 11.5. The number of hydrogen-bond acceptors (Lipinski definition) is 3. The number of carbonyl (C=O) groups is 1. The number of likely N-dealkylation sites (N-methyl/N-ethyl adjacent to an activating group) is 1. The number of carbonyl (C=O) groups excluding carboxylic acids is 1. The lowest BCUT2D eigenvalue weighted by Gasteiger charge is -2.29. The Morgan fingerprint density at radius 1 is 1.23 bits per heavy atom. The van der Waals surface area contributed by atoms with Crippen molar-refractivity contribution >= 4 is 17.5 Å². The maximum absolute atomic E-state index is 12.4. The molecule has 1 atom stereocenters. The van der Waals surface area contributed by atoms with E-state index in [1.165, 1.54) is 0 Å². The molecule has 2 aromatic carbocycles. The first-order chi connectivity index (χ1) is 10.6. The van der Waals surface area contributed by atoms with Gasteiger partial charge in [0.15, 0.2) is 17.6 Å². The van der Waals surface area contributed by atoms with E-state index in [0.717, 1.165) is 5.75 Å². The van der Waals surface area contributed by atoms with E-state index in [4.69, 9.17) is 21.1 Å². The summed E-state index contributed by atoms with van der Waals surface area (Å²) in [5.74, 6) is 1.36. The molecule has 0 aromatic heterocycles. The monoisotopic (exact) mass is 317 g/mol. The molecule has 2 aromatic rings. The fraction of sp³-hybridized carbons (Fsp3) is 0.235. The summed E-state index contributed by atoms with van der Waals surface area (Å²) in [4.78, 5) is 14.0. The zero-order chi connectivity index (χ0) is 15.5. The summed E-state index contributed by atoms with van der Waals surface area (Å²) in [7, 11) is 1.74. The fourth-order valence-electron chi connectivity index (χ4n) is 2.38. The number of hydrogen-bond donors (Lipinski definition) is 0. The highest BCUT2D eigenvalue weighted by Crippen LogP contribution is 2.31. The Morgan fingerprint density at radius 3 is 2.77 bits per heavy atom. The van der Waals surface area contributed by atoms with Crippen LogP contribution in [0.1, 0.15) is 10.4 Å². The first kappa shape index (κ1) is 14.7. The lowest BCUT2D eigenvalue weighted by Crippen LogP contribution is -2.41. The maximum atomic E-state index is 12.4. The molecule has 5 heteroatoms. The Balaban J connectivity index is 1.65. The van der Waals surface area contributed by atoms with Gasteiger partial charge >= 0.3 is 0 Å². The first-order valence-electron chi connectivity index (χ1n) is 7.03. The topological polar surface area (TPSA) is 38.8 Å². The van der Waals surface area contributed by atoms with Crippen LogP contribution in [0, 0.1) is 0 Å². The van der Waals surface area contributed by atoms with E-state index >= 15 is 0 Å². The number of halogens is 1. The number of para-hydroxylation sites is 2. The zero-order valence-corrected chi connectivity index (χ0v) is 12.9. The Kier molecular flexibility index (Phi) is 4.20. The van der Waals surface area contributed by atoms with Crippen LogP contribution in [0.2, 0.25) is 5.02 Å². The molecule has 0 saturated carbocycles. The molecule has 0 radical (unpaired) electrons. The molecule has 0 bridgehead atoms. The molecule has 1 heterocycles. The smallest absolute Gasteiger partial charge is 0.253 e. The number of amides is 1. The van der Waals surface area contributed by atoms with Crippen LogP contribution in [0.3, 0.4) is 0 Å². The SMILES string of the molecule is CN(CC1COc2ccccc2O1)C(=O)c1cccc(Cl)c1. The maximum Gasteiger partial charge on any atom is 0.253 e. The van der Waals surface area contributed by atoms with E-state index in [1.807, 2.05) is 24.3 Å². The molecule has 1 aliphatic rings. The number of ether oxygens (including phenoxy) is 2. The fourth-order valence-corrected chi connectivity index (χ4v) is 2.57. The van der Waals surface area contributed by atoms with Crippen molar-refractivity contribution in [2.75, 3.05) is 20.2 Å². The first-order valence-corrected chi connectivity index (χ1v) is 7.41. The van der Waals surface area contributed by atoms with Crippen LogP contribution in [0.15, 0.2) is 48.5 Å². The molecular formula is C17H16ClNO3. The molecule has 1 amide bonds. The third-order valence-electron chi connectivity index (χ3n) is 3.46. The van der Waals surface area contributed by atoms with Gasteiger partial charge in [0.25, 0.3) is 5.91 Å². The molecule has 3 rings (SSSR count). The Labute approximate surface area is 134 Å². The molecule has 0 aliphatic carbocycles. The molecule has 22 heavy (non-hydrogen) atoms. The number of rotatable bonds is 3. The van der Waals surface area contributed by atoms with Gasteiger partial charge in [-0.1, -0.05) is 29.8 Å². The third kappa shape index (κ3) is 3.17. The van der Waals surface area contributed by atoms with Crippen molar-refractivity contribution in [2.45, 2.75) is 6.10 Å². The van der Waals surface area contributed by atoms with Gasteiger partial charge in [-0.05, 0) is 30.3 Å². The zero-order valence-electron chi connectivity index (χ0n) is 12.2. The van der Waals surface area contributed by atoms with Crippen LogP contribution in [-0.4, -0.2) is 37.1 Å². The van der Waals surface area contributed by atoms with Crippen LogP contribution in [0.25, 0.3) is 0 Å². The van der Waals surface area contributed by atoms with Crippen molar-refractivity contribution in [3.8, 4) is 11.5 Å². The predicted molar refractivity (Wildman–Crippen MR) is 84.8 cm³/mol. The Morgan fingerprint density at radius 2 is 2.00 bits per heavy atom. The van der Waals surface area contributed by atoms with E-state index in [0.29, 0.717) is 29.5 Å². The molecule has 0 fully saturated rings. The highest BCUT2D eigenvalue weighted by molar-refractivity contribution is 6.30. The van der Waals surface area contributed by atoms with Gasteiger partial charge in [0.05, 0.1) is 6.54 Å². The average molecular weight is 318 g/mol. The summed E-state index contributed by atoms with van der Waals surface area (Å²) in [6.07, 6.45) is -0.192. The van der Waals surface area contributed by atoms with Gasteiger partial charge in [-0.2, -0.15) is 0 Å². The van der Waals surface area contributed by atoms with E-state index in [1.54, 1.807) is 36.2 Å². The van der Waals surface area contributed by atoms with Gasteiger partial charge in [-0.15, -0.1) is 0 Å². The van der Waals surface area contributed by atoms with E-state index in [2.05, 4.69) is 0 Å². The van der Waals surface area contributed by atoms with Crippen LogP contribution >= 0.6 is 11.6 Å². The number of fused-ring (bicyclic) bond motifs is 1. The van der Waals surface area contributed by atoms with Crippen LogP contribution in [-0.2, 0) is 0 Å². The predicted octanol–water partition coefficient (Wildman–Crippen LogP) is 3.25. The molecule has 0 N–H and O–H groups in total.